The second-order valence-electron chi connectivity index (χ2n) is 6.88. The number of alkyl halides is 3. The Morgan fingerprint density at radius 3 is 2.39 bits per heavy atom. The maximum Gasteiger partial charge on any atom is 0.257 e. The maximum absolute atomic E-state index is 14.8. The van der Waals surface area contributed by atoms with E-state index in [0.29, 0.717) is 12.0 Å². The molecule has 2 aromatic carbocycles. The van der Waals surface area contributed by atoms with Crippen LogP contribution in [0.2, 0.25) is 5.02 Å². The monoisotopic (exact) mass is 512 g/mol. The first-order valence-corrected chi connectivity index (χ1v) is 10.7. The summed E-state index contributed by atoms with van der Waals surface area (Å²) in [5, 5.41) is 4.47. The van der Waals surface area contributed by atoms with Crippen molar-refractivity contribution in [2.75, 3.05) is 17.7 Å². The summed E-state index contributed by atoms with van der Waals surface area (Å²) >= 11 is 23.7. The molecule has 0 heterocycles. The lowest BCUT2D eigenvalue weighted by molar-refractivity contribution is -0.117. The van der Waals surface area contributed by atoms with Gasteiger partial charge in [0.1, 0.15) is 21.5 Å². The van der Waals surface area contributed by atoms with Gasteiger partial charge in [-0.2, -0.15) is 0 Å². The van der Waals surface area contributed by atoms with E-state index < -0.39 is 56.7 Å². The number of carbonyl (C=O) groups is 2. The fourth-order valence-electron chi connectivity index (χ4n) is 3.20. The van der Waals surface area contributed by atoms with Gasteiger partial charge < -0.3 is 10.6 Å². The van der Waals surface area contributed by atoms with Crippen molar-refractivity contribution in [3.05, 3.63) is 63.9 Å². The van der Waals surface area contributed by atoms with Crippen molar-refractivity contribution in [3.63, 3.8) is 0 Å². The van der Waals surface area contributed by atoms with Crippen LogP contribution in [0.15, 0.2) is 30.3 Å². The van der Waals surface area contributed by atoms with Gasteiger partial charge in [0.25, 0.3) is 5.91 Å². The summed E-state index contributed by atoms with van der Waals surface area (Å²) in [6.45, 7) is 0.128. The van der Waals surface area contributed by atoms with Gasteiger partial charge in [-0.1, -0.05) is 17.7 Å². The van der Waals surface area contributed by atoms with Crippen molar-refractivity contribution >= 4 is 63.9 Å². The predicted octanol–water partition coefficient (Wildman–Crippen LogP) is 5.64. The zero-order chi connectivity index (χ0) is 22.9. The number of halogens is 7. The molecule has 0 aliphatic heterocycles. The first-order valence-electron chi connectivity index (χ1n) is 9.05. The maximum atomic E-state index is 14.8. The Balaban J connectivity index is 1.79. The molecule has 4 nitrogen and oxygen atoms in total. The number of hydrogen-bond acceptors (Lipinski definition) is 2. The van der Waals surface area contributed by atoms with Crippen LogP contribution >= 0.6 is 46.4 Å². The van der Waals surface area contributed by atoms with Crippen molar-refractivity contribution < 1.29 is 22.8 Å². The third-order valence-corrected chi connectivity index (χ3v) is 6.31. The van der Waals surface area contributed by atoms with E-state index in [1.807, 2.05) is 0 Å². The molecule has 2 aromatic rings. The van der Waals surface area contributed by atoms with Crippen molar-refractivity contribution in [3.8, 4) is 0 Å². The molecule has 2 amide bonds. The summed E-state index contributed by atoms with van der Waals surface area (Å²) in [4.78, 5) is 24.8. The Kier molecular flexibility index (Phi) is 7.31. The van der Waals surface area contributed by atoms with E-state index >= 15 is 0 Å². The molecule has 0 aromatic heterocycles. The van der Waals surface area contributed by atoms with Crippen LogP contribution in [0.3, 0.4) is 0 Å². The average Bonchev–Trinajstić information content (AvgIpc) is 3.28. The minimum Gasteiger partial charge on any atom is -0.352 e. The Labute approximate surface area is 196 Å². The first-order chi connectivity index (χ1) is 14.6. The quantitative estimate of drug-likeness (QED) is 0.371. The second kappa shape index (κ2) is 9.45. The second-order valence-corrected chi connectivity index (χ2v) is 9.10. The molecule has 1 fully saturated rings. The standard InChI is InChI=1S/C20H15Cl4F3N2O2/c21-6-1-7-28-18(30)14-12(26)4-5-13(17(14)27)29-19(31)16-15(20(16,23)24)9-2-3-11(25)10(22)8-9/h2-5,8,15-16H,1,6-7H2,(H,28,30)(H,29,31)/t15-,16+/m0/s1. The zero-order valence-corrected chi connectivity index (χ0v) is 18.6. The van der Waals surface area contributed by atoms with Gasteiger partial charge in [0, 0.05) is 18.3 Å². The molecule has 3 rings (SSSR count). The van der Waals surface area contributed by atoms with E-state index in [-0.39, 0.29) is 17.4 Å². The fourth-order valence-corrected chi connectivity index (χ4v) is 4.35. The molecule has 1 aliphatic rings. The van der Waals surface area contributed by atoms with E-state index in [0.717, 1.165) is 18.2 Å². The minimum atomic E-state index is -1.54. The van der Waals surface area contributed by atoms with Crippen LogP contribution < -0.4 is 10.6 Å². The Bertz CT molecular complexity index is 1040. The molecule has 0 bridgehead atoms. The van der Waals surface area contributed by atoms with Gasteiger partial charge in [0.15, 0.2) is 5.82 Å². The number of anilines is 1. The topological polar surface area (TPSA) is 58.2 Å². The summed E-state index contributed by atoms with van der Waals surface area (Å²) in [6.07, 6.45) is 0.414. The molecule has 2 N–H and O–H groups in total. The van der Waals surface area contributed by atoms with Crippen LogP contribution in [-0.2, 0) is 4.79 Å². The van der Waals surface area contributed by atoms with Crippen LogP contribution in [0.1, 0.15) is 28.3 Å². The van der Waals surface area contributed by atoms with E-state index in [2.05, 4.69) is 10.6 Å². The van der Waals surface area contributed by atoms with E-state index in [9.17, 15) is 22.8 Å². The predicted molar refractivity (Wildman–Crippen MR) is 115 cm³/mol. The van der Waals surface area contributed by atoms with Crippen molar-refractivity contribution in [1.82, 2.24) is 5.32 Å². The molecule has 11 heteroatoms. The number of hydrogen-bond donors (Lipinski definition) is 2. The molecule has 0 saturated heterocycles. The number of rotatable bonds is 7. The van der Waals surface area contributed by atoms with Crippen LogP contribution in [0.25, 0.3) is 0 Å². The third-order valence-electron chi connectivity index (χ3n) is 4.81. The molecule has 166 valence electrons. The Morgan fingerprint density at radius 1 is 1.06 bits per heavy atom. The molecular formula is C20H15Cl4F3N2O2. The molecule has 31 heavy (non-hydrogen) atoms. The Hall–Kier alpha value is -1.67. The highest BCUT2D eigenvalue weighted by molar-refractivity contribution is 6.53. The van der Waals surface area contributed by atoms with E-state index in [1.165, 1.54) is 12.1 Å². The average molecular weight is 514 g/mol. The number of carbonyl (C=O) groups excluding carboxylic acids is 2. The van der Waals surface area contributed by atoms with Gasteiger partial charge in [-0.3, -0.25) is 9.59 Å². The summed E-state index contributed by atoms with van der Waals surface area (Å²) in [6, 6.07) is 5.64. The molecule has 1 aliphatic carbocycles. The summed E-state index contributed by atoms with van der Waals surface area (Å²) in [5.41, 5.74) is -0.829. The summed E-state index contributed by atoms with van der Waals surface area (Å²) < 4.78 is 40.7. The molecular weight excluding hydrogens is 499 g/mol. The van der Waals surface area contributed by atoms with E-state index in [4.69, 9.17) is 46.4 Å². The molecule has 2 atom stereocenters. The van der Waals surface area contributed by atoms with Crippen LogP contribution in [-0.4, -0.2) is 28.6 Å². The largest absolute Gasteiger partial charge is 0.352 e. The van der Waals surface area contributed by atoms with Crippen molar-refractivity contribution in [1.29, 1.82) is 0 Å². The molecule has 0 radical (unpaired) electrons. The molecule has 1 saturated carbocycles. The van der Waals surface area contributed by atoms with Gasteiger partial charge in [-0.05, 0) is 36.2 Å². The zero-order valence-electron chi connectivity index (χ0n) is 15.6. The van der Waals surface area contributed by atoms with Gasteiger partial charge in [0.05, 0.1) is 16.6 Å². The number of amides is 2. The Morgan fingerprint density at radius 2 is 1.74 bits per heavy atom. The van der Waals surface area contributed by atoms with Gasteiger partial charge in [-0.15, -0.1) is 34.8 Å². The van der Waals surface area contributed by atoms with E-state index in [1.54, 1.807) is 0 Å². The van der Waals surface area contributed by atoms with Crippen LogP contribution in [0, 0.1) is 23.4 Å². The smallest absolute Gasteiger partial charge is 0.257 e. The highest BCUT2D eigenvalue weighted by Crippen LogP contribution is 2.65. The highest BCUT2D eigenvalue weighted by atomic mass is 35.5. The number of nitrogens with one attached hydrogen (secondary N) is 2. The molecule has 0 unspecified atom stereocenters. The normalized spacial score (nSPS) is 19.1. The number of benzene rings is 2. The summed E-state index contributed by atoms with van der Waals surface area (Å²) in [5.74, 6) is -6.19. The third kappa shape index (κ3) is 4.90. The van der Waals surface area contributed by atoms with Gasteiger partial charge >= 0.3 is 0 Å². The highest BCUT2D eigenvalue weighted by Gasteiger charge is 2.67. The van der Waals surface area contributed by atoms with Crippen molar-refractivity contribution in [2.45, 2.75) is 16.7 Å². The van der Waals surface area contributed by atoms with Crippen molar-refractivity contribution in [2.24, 2.45) is 5.92 Å². The van der Waals surface area contributed by atoms with Crippen LogP contribution in [0.5, 0.6) is 0 Å². The fraction of sp³-hybridized carbons (Fsp3) is 0.300. The minimum absolute atomic E-state index is 0.128. The lowest BCUT2D eigenvalue weighted by Gasteiger charge is -2.11. The summed E-state index contributed by atoms with van der Waals surface area (Å²) in [7, 11) is 0. The van der Waals surface area contributed by atoms with Gasteiger partial charge in [-0.25, -0.2) is 13.2 Å². The molecule has 0 spiro atoms. The lowest BCUT2D eigenvalue weighted by Crippen LogP contribution is -2.27. The van der Waals surface area contributed by atoms with Crippen LogP contribution in [0.4, 0.5) is 18.9 Å². The lowest BCUT2D eigenvalue weighted by atomic mass is 10.1. The SMILES string of the molecule is O=C(NCCCCl)c1c(F)ccc(NC(=O)[C@H]2[C@H](c3ccc(F)c(Cl)c3)C2(Cl)Cl)c1F. The first kappa shape index (κ1) is 24.0. The van der Waals surface area contributed by atoms with Gasteiger partial charge in [0.2, 0.25) is 5.91 Å².